The molecule has 1 aliphatic rings. The highest BCUT2D eigenvalue weighted by molar-refractivity contribution is 7.18. The minimum atomic E-state index is -0.828. The molecule has 0 radical (unpaired) electrons. The van der Waals surface area contributed by atoms with Gasteiger partial charge in [0, 0.05) is 11.4 Å². The molecule has 0 aliphatic heterocycles. The van der Waals surface area contributed by atoms with Crippen LogP contribution in [0.4, 0.5) is 0 Å². The number of thiophene rings is 1. The van der Waals surface area contributed by atoms with Gasteiger partial charge in [-0.3, -0.25) is 14.5 Å². The van der Waals surface area contributed by atoms with E-state index in [-0.39, 0.29) is 18.0 Å². The molecule has 2 N–H and O–H groups in total. The van der Waals surface area contributed by atoms with Crippen molar-refractivity contribution in [2.75, 3.05) is 13.6 Å². The number of carboxylic acid groups (broad SMARTS) is 1. The second-order valence-corrected chi connectivity index (χ2v) is 7.87. The highest BCUT2D eigenvalue weighted by Crippen LogP contribution is 2.36. The van der Waals surface area contributed by atoms with Gasteiger partial charge in [0.25, 0.3) is 5.56 Å². The first-order chi connectivity index (χ1) is 11.4. The van der Waals surface area contributed by atoms with E-state index in [1.807, 2.05) is 18.9 Å². The molecule has 0 fully saturated rings. The lowest BCUT2D eigenvalue weighted by Gasteiger charge is -2.23. The maximum Gasteiger partial charge on any atom is 0.304 e. The number of hydrogen-bond donors (Lipinski definition) is 2. The number of carboxylic acids is 1. The predicted molar refractivity (Wildman–Crippen MR) is 94.7 cm³/mol. The van der Waals surface area contributed by atoms with Crippen molar-refractivity contribution < 1.29 is 9.90 Å². The van der Waals surface area contributed by atoms with Gasteiger partial charge >= 0.3 is 5.97 Å². The Balaban J connectivity index is 1.93. The zero-order chi connectivity index (χ0) is 17.4. The normalized spacial score (nSPS) is 18.8. The molecule has 2 unspecified atom stereocenters. The monoisotopic (exact) mass is 349 g/mol. The lowest BCUT2D eigenvalue weighted by molar-refractivity contribution is -0.137. The van der Waals surface area contributed by atoms with Crippen LogP contribution in [0.3, 0.4) is 0 Å². The Kier molecular flexibility index (Phi) is 4.73. The van der Waals surface area contributed by atoms with Crippen molar-refractivity contribution in [3.05, 3.63) is 26.6 Å². The largest absolute Gasteiger partial charge is 0.481 e. The molecule has 24 heavy (non-hydrogen) atoms. The third-order valence-electron chi connectivity index (χ3n) is 4.92. The van der Waals surface area contributed by atoms with E-state index in [9.17, 15) is 9.59 Å². The predicted octanol–water partition coefficient (Wildman–Crippen LogP) is 2.58. The van der Waals surface area contributed by atoms with Crippen LogP contribution in [-0.2, 0) is 17.6 Å². The number of nitrogens with one attached hydrogen (secondary N) is 1. The second-order valence-electron chi connectivity index (χ2n) is 6.78. The van der Waals surface area contributed by atoms with Crippen LogP contribution in [0.25, 0.3) is 10.2 Å². The van der Waals surface area contributed by atoms with E-state index in [0.717, 1.165) is 29.5 Å². The van der Waals surface area contributed by atoms with Crippen LogP contribution in [0.5, 0.6) is 0 Å². The van der Waals surface area contributed by atoms with Crippen LogP contribution in [0, 0.1) is 5.92 Å². The molecule has 7 heteroatoms. The van der Waals surface area contributed by atoms with Crippen LogP contribution in [0.1, 0.15) is 49.0 Å². The van der Waals surface area contributed by atoms with E-state index >= 15 is 0 Å². The maximum absolute atomic E-state index is 12.6. The number of aliphatic carboxylic acids is 1. The smallest absolute Gasteiger partial charge is 0.304 e. The molecule has 0 saturated heterocycles. The fraction of sp³-hybridized carbons (Fsp3) is 0.588. The summed E-state index contributed by atoms with van der Waals surface area (Å²) in [4.78, 5) is 34.9. The summed E-state index contributed by atoms with van der Waals surface area (Å²) in [5.74, 6) is 0.434. The Hall–Kier alpha value is -1.73. The van der Waals surface area contributed by atoms with Gasteiger partial charge in [-0.2, -0.15) is 0 Å². The highest BCUT2D eigenvalue weighted by Gasteiger charge is 2.24. The van der Waals surface area contributed by atoms with Gasteiger partial charge in [-0.1, -0.05) is 6.92 Å². The number of nitrogens with zero attached hydrogens (tertiary/aromatic N) is 2. The number of aryl methyl sites for hydroxylation is 1. The first-order valence-electron chi connectivity index (χ1n) is 8.33. The lowest BCUT2D eigenvalue weighted by atomic mass is 9.89. The minimum absolute atomic E-state index is 0.0680. The first kappa shape index (κ1) is 17.1. The van der Waals surface area contributed by atoms with Gasteiger partial charge in [0.2, 0.25) is 0 Å². The van der Waals surface area contributed by atoms with Crippen LogP contribution in [0.15, 0.2) is 4.79 Å². The Morgan fingerprint density at radius 3 is 3.00 bits per heavy atom. The second kappa shape index (κ2) is 6.64. The number of aromatic nitrogens is 2. The van der Waals surface area contributed by atoms with E-state index in [1.54, 1.807) is 11.3 Å². The summed E-state index contributed by atoms with van der Waals surface area (Å²) in [6.07, 6.45) is 3.17. The highest BCUT2D eigenvalue weighted by atomic mass is 32.1. The molecule has 2 heterocycles. The molecular formula is C17H23N3O3S. The molecule has 0 spiro atoms. The SMILES string of the molecule is CC1CCc2c(sc3nc(C(C)N(C)CCC(=O)O)[nH]c(=O)c23)C1. The van der Waals surface area contributed by atoms with Crippen molar-refractivity contribution in [2.24, 2.45) is 5.92 Å². The van der Waals surface area contributed by atoms with Gasteiger partial charge in [0.05, 0.1) is 17.8 Å². The number of carbonyl (C=O) groups is 1. The Morgan fingerprint density at radius 2 is 2.29 bits per heavy atom. The molecule has 2 aromatic rings. The first-order valence-corrected chi connectivity index (χ1v) is 9.15. The molecule has 1 aliphatic carbocycles. The van der Waals surface area contributed by atoms with E-state index in [2.05, 4.69) is 16.9 Å². The Labute approximate surface area is 144 Å². The van der Waals surface area contributed by atoms with Crippen molar-refractivity contribution in [3.63, 3.8) is 0 Å². The van der Waals surface area contributed by atoms with Gasteiger partial charge in [-0.05, 0) is 44.7 Å². The van der Waals surface area contributed by atoms with Crippen LogP contribution in [0.2, 0.25) is 0 Å². The van der Waals surface area contributed by atoms with Crippen molar-refractivity contribution >= 4 is 27.5 Å². The van der Waals surface area contributed by atoms with E-state index in [1.165, 1.54) is 10.4 Å². The molecular weight excluding hydrogens is 326 g/mol. The summed E-state index contributed by atoms with van der Waals surface area (Å²) in [6.45, 7) is 4.59. The molecule has 6 nitrogen and oxygen atoms in total. The molecule has 0 saturated carbocycles. The van der Waals surface area contributed by atoms with E-state index < -0.39 is 5.97 Å². The molecule has 130 valence electrons. The summed E-state index contributed by atoms with van der Waals surface area (Å²) in [7, 11) is 1.85. The summed E-state index contributed by atoms with van der Waals surface area (Å²) in [6, 6.07) is -0.139. The third kappa shape index (κ3) is 3.23. The number of H-pyrrole nitrogens is 1. The quantitative estimate of drug-likeness (QED) is 0.866. The average molecular weight is 349 g/mol. The fourth-order valence-corrected chi connectivity index (χ4v) is 4.63. The number of aromatic amines is 1. The van der Waals surface area contributed by atoms with Gasteiger partial charge < -0.3 is 10.1 Å². The molecule has 0 amide bonds. The lowest BCUT2D eigenvalue weighted by Crippen LogP contribution is -2.28. The van der Waals surface area contributed by atoms with Crippen LogP contribution in [-0.4, -0.2) is 39.5 Å². The number of rotatable bonds is 5. The number of fused-ring (bicyclic) bond motifs is 3. The molecule has 2 aromatic heterocycles. The van der Waals surface area contributed by atoms with Gasteiger partial charge in [0.1, 0.15) is 10.7 Å². The van der Waals surface area contributed by atoms with Crippen LogP contribution >= 0.6 is 11.3 Å². The molecule has 0 bridgehead atoms. The summed E-state index contributed by atoms with van der Waals surface area (Å²) >= 11 is 1.64. The topological polar surface area (TPSA) is 86.3 Å². The fourth-order valence-electron chi connectivity index (χ4n) is 3.24. The zero-order valence-electron chi connectivity index (χ0n) is 14.3. The zero-order valence-corrected chi connectivity index (χ0v) is 15.1. The summed E-state index contributed by atoms with van der Waals surface area (Å²) in [5, 5.41) is 9.57. The Bertz CT molecular complexity index is 826. The van der Waals surface area contributed by atoms with Gasteiger partial charge in [-0.25, -0.2) is 4.98 Å². The maximum atomic E-state index is 12.6. The summed E-state index contributed by atoms with van der Waals surface area (Å²) in [5.41, 5.74) is 1.11. The van der Waals surface area contributed by atoms with E-state index in [4.69, 9.17) is 5.11 Å². The average Bonchev–Trinajstić information content (AvgIpc) is 2.89. The molecule has 2 atom stereocenters. The van der Waals surface area contributed by atoms with Gasteiger partial charge in [0.15, 0.2) is 0 Å². The molecule has 3 rings (SSSR count). The van der Waals surface area contributed by atoms with Crippen molar-refractivity contribution in [2.45, 2.75) is 45.6 Å². The van der Waals surface area contributed by atoms with Crippen molar-refractivity contribution in [1.29, 1.82) is 0 Å². The molecule has 0 aromatic carbocycles. The van der Waals surface area contributed by atoms with Crippen LogP contribution < -0.4 is 5.56 Å². The van der Waals surface area contributed by atoms with Gasteiger partial charge in [-0.15, -0.1) is 11.3 Å². The standard InChI is InChI=1S/C17H23N3O3S/c1-9-4-5-11-12(8-9)24-17-14(11)16(23)18-15(19-17)10(2)20(3)7-6-13(21)22/h9-10H,4-8H2,1-3H3,(H,21,22)(H,18,19,23). The Morgan fingerprint density at radius 1 is 1.54 bits per heavy atom. The summed E-state index contributed by atoms with van der Waals surface area (Å²) < 4.78 is 0. The minimum Gasteiger partial charge on any atom is -0.481 e. The van der Waals surface area contributed by atoms with Crippen molar-refractivity contribution in [1.82, 2.24) is 14.9 Å². The van der Waals surface area contributed by atoms with E-state index in [0.29, 0.717) is 18.3 Å². The third-order valence-corrected chi connectivity index (χ3v) is 6.07. The van der Waals surface area contributed by atoms with Crippen molar-refractivity contribution in [3.8, 4) is 0 Å². The number of hydrogen-bond acceptors (Lipinski definition) is 5.